The molecule has 6 heteroatoms. The molecule has 1 heterocycles. The van der Waals surface area contributed by atoms with Gasteiger partial charge in [0.2, 0.25) is 0 Å². The van der Waals surface area contributed by atoms with Gasteiger partial charge in [-0.3, -0.25) is 10.1 Å². The summed E-state index contributed by atoms with van der Waals surface area (Å²) in [5.74, 6) is 0.337. The van der Waals surface area contributed by atoms with Crippen LogP contribution in [0, 0.1) is 0 Å². The molecule has 0 aliphatic rings. The Balaban J connectivity index is 0.00000144. The molecule has 1 N–H and O–H groups in total. The van der Waals surface area contributed by atoms with Crippen LogP contribution in [0.15, 0.2) is 35.8 Å². The predicted octanol–water partition coefficient (Wildman–Crippen LogP) is 2.98. The lowest BCUT2D eigenvalue weighted by Crippen LogP contribution is -2.12. The molecule has 17 heavy (non-hydrogen) atoms. The monoisotopic (exact) mass is 314 g/mol. The number of ether oxygens (including phenoxy) is 1. The van der Waals surface area contributed by atoms with Gasteiger partial charge < -0.3 is 4.74 Å². The van der Waals surface area contributed by atoms with E-state index in [4.69, 9.17) is 4.74 Å². The van der Waals surface area contributed by atoms with E-state index < -0.39 is 0 Å². The van der Waals surface area contributed by atoms with Gasteiger partial charge in [0.1, 0.15) is 5.75 Å². The molecule has 0 aliphatic heterocycles. The van der Waals surface area contributed by atoms with Gasteiger partial charge in [-0.1, -0.05) is 12.1 Å². The first-order chi connectivity index (χ1) is 7.81. The molecule has 0 spiro atoms. The molecule has 0 atom stereocenters. The maximum Gasteiger partial charge on any atom is 0.261 e. The number of halogens is 1. The van der Waals surface area contributed by atoms with E-state index in [0.29, 0.717) is 16.4 Å². The zero-order chi connectivity index (χ0) is 11.4. The van der Waals surface area contributed by atoms with Gasteiger partial charge in [0.05, 0.1) is 12.7 Å². The van der Waals surface area contributed by atoms with Crippen LogP contribution in [-0.2, 0) is 0 Å². The molecule has 0 saturated heterocycles. The van der Waals surface area contributed by atoms with Gasteiger partial charge in [-0.15, -0.1) is 28.3 Å². The molecule has 0 aliphatic carbocycles. The fourth-order valence-corrected chi connectivity index (χ4v) is 1.81. The van der Waals surface area contributed by atoms with Crippen molar-refractivity contribution in [1.29, 1.82) is 0 Å². The van der Waals surface area contributed by atoms with Crippen molar-refractivity contribution in [2.75, 3.05) is 12.4 Å². The van der Waals surface area contributed by atoms with Crippen molar-refractivity contribution in [3.63, 3.8) is 0 Å². The van der Waals surface area contributed by atoms with E-state index >= 15 is 0 Å². The van der Waals surface area contributed by atoms with Gasteiger partial charge in [0.15, 0.2) is 5.13 Å². The fourth-order valence-electron chi connectivity index (χ4n) is 1.28. The van der Waals surface area contributed by atoms with Crippen LogP contribution in [0.2, 0.25) is 0 Å². The molecule has 0 radical (unpaired) electrons. The van der Waals surface area contributed by atoms with E-state index in [1.54, 1.807) is 29.8 Å². The summed E-state index contributed by atoms with van der Waals surface area (Å²) in [5, 5.41) is 5.08. The molecule has 0 saturated carbocycles. The predicted molar refractivity (Wildman–Crippen MR) is 73.4 cm³/mol. The highest BCUT2D eigenvalue weighted by Crippen LogP contribution is 2.19. The summed E-state index contributed by atoms with van der Waals surface area (Å²) >= 11 is 1.38. The van der Waals surface area contributed by atoms with Crippen molar-refractivity contribution in [3.05, 3.63) is 41.4 Å². The maximum atomic E-state index is 11.9. The van der Waals surface area contributed by atoms with Crippen LogP contribution in [0.25, 0.3) is 0 Å². The van der Waals surface area contributed by atoms with Crippen molar-refractivity contribution in [3.8, 4) is 5.75 Å². The van der Waals surface area contributed by atoms with Crippen LogP contribution < -0.4 is 10.1 Å². The zero-order valence-electron chi connectivity index (χ0n) is 9.04. The molecule has 0 unspecified atom stereocenters. The Hall–Kier alpha value is -1.40. The van der Waals surface area contributed by atoms with E-state index in [2.05, 4.69) is 10.3 Å². The summed E-state index contributed by atoms with van der Waals surface area (Å²) in [6, 6.07) is 7.07. The second kappa shape index (κ2) is 6.36. The Kier molecular flexibility index (Phi) is 5.11. The van der Waals surface area contributed by atoms with Crippen LogP contribution in [0.1, 0.15) is 10.4 Å². The summed E-state index contributed by atoms with van der Waals surface area (Å²) in [7, 11) is 1.54. The second-order valence-electron chi connectivity index (χ2n) is 2.99. The summed E-state index contributed by atoms with van der Waals surface area (Å²) in [5.41, 5.74) is 0.500. The number of nitrogens with zero attached hydrogens (tertiary/aromatic N) is 1. The molecular formula is C11H11BrN2O2S. The molecule has 1 aromatic heterocycles. The number of benzene rings is 1. The average molecular weight is 315 g/mol. The quantitative estimate of drug-likeness (QED) is 0.947. The number of aromatic nitrogens is 1. The number of rotatable bonds is 3. The minimum absolute atomic E-state index is 0. The normalized spacial score (nSPS) is 9.24. The SMILES string of the molecule is Br.COc1ccccc1C(=O)Nc1nccs1. The van der Waals surface area contributed by atoms with Crippen LogP contribution >= 0.6 is 28.3 Å². The van der Waals surface area contributed by atoms with Crippen LogP contribution in [0.4, 0.5) is 5.13 Å². The second-order valence-corrected chi connectivity index (χ2v) is 3.89. The van der Waals surface area contributed by atoms with Crippen LogP contribution in [-0.4, -0.2) is 18.0 Å². The first kappa shape index (κ1) is 13.7. The summed E-state index contributed by atoms with van der Waals surface area (Å²) in [4.78, 5) is 15.9. The molecular weight excluding hydrogens is 304 g/mol. The van der Waals surface area contributed by atoms with Crippen molar-refractivity contribution in [2.24, 2.45) is 0 Å². The number of amides is 1. The largest absolute Gasteiger partial charge is 0.496 e. The Labute approximate surface area is 113 Å². The van der Waals surface area contributed by atoms with Crippen LogP contribution in [0.3, 0.4) is 0 Å². The lowest BCUT2D eigenvalue weighted by atomic mass is 10.2. The Bertz CT molecular complexity index is 488. The summed E-state index contributed by atoms with van der Waals surface area (Å²) in [6.45, 7) is 0. The van der Waals surface area contributed by atoms with Crippen molar-refractivity contribution in [2.45, 2.75) is 0 Å². The standard InChI is InChI=1S/C11H10N2O2S.BrH/c1-15-9-5-3-2-4-8(9)10(14)13-11-12-6-7-16-11;/h2-7H,1H3,(H,12,13,14);1H. The van der Waals surface area contributed by atoms with Gasteiger partial charge >= 0.3 is 0 Å². The number of carbonyl (C=O) groups is 1. The Morgan fingerprint density at radius 2 is 2.18 bits per heavy atom. The van der Waals surface area contributed by atoms with Gasteiger partial charge in [-0.2, -0.15) is 0 Å². The van der Waals surface area contributed by atoms with E-state index in [0.717, 1.165) is 0 Å². The molecule has 4 nitrogen and oxygen atoms in total. The molecule has 1 amide bonds. The first-order valence-electron chi connectivity index (χ1n) is 4.65. The molecule has 2 rings (SSSR count). The number of thiazole rings is 1. The highest BCUT2D eigenvalue weighted by molar-refractivity contribution is 8.93. The molecule has 90 valence electrons. The number of carbonyl (C=O) groups excluding carboxylic acids is 1. The van der Waals surface area contributed by atoms with Crippen molar-refractivity contribution < 1.29 is 9.53 Å². The van der Waals surface area contributed by atoms with E-state index in [1.165, 1.54) is 18.4 Å². The minimum atomic E-state index is -0.215. The lowest BCUT2D eigenvalue weighted by molar-refractivity contribution is 0.102. The number of hydrogen-bond donors (Lipinski definition) is 1. The molecule has 0 bridgehead atoms. The molecule has 1 aromatic carbocycles. The molecule has 0 fully saturated rings. The van der Waals surface area contributed by atoms with Gasteiger partial charge in [-0.25, -0.2) is 4.98 Å². The van der Waals surface area contributed by atoms with Gasteiger partial charge in [0.25, 0.3) is 5.91 Å². The highest BCUT2D eigenvalue weighted by atomic mass is 79.9. The van der Waals surface area contributed by atoms with Crippen LogP contribution in [0.5, 0.6) is 5.75 Å². The van der Waals surface area contributed by atoms with E-state index in [9.17, 15) is 4.79 Å². The number of hydrogen-bond acceptors (Lipinski definition) is 4. The van der Waals surface area contributed by atoms with Gasteiger partial charge in [0, 0.05) is 11.6 Å². The zero-order valence-corrected chi connectivity index (χ0v) is 11.6. The smallest absolute Gasteiger partial charge is 0.261 e. The number of anilines is 1. The maximum absolute atomic E-state index is 11.9. The van der Waals surface area contributed by atoms with Crippen molar-refractivity contribution in [1.82, 2.24) is 4.98 Å². The highest BCUT2D eigenvalue weighted by Gasteiger charge is 2.12. The summed E-state index contributed by atoms with van der Waals surface area (Å²) in [6.07, 6.45) is 1.64. The fraction of sp³-hybridized carbons (Fsp3) is 0.0909. The number of methoxy groups -OCH3 is 1. The number of para-hydroxylation sites is 1. The minimum Gasteiger partial charge on any atom is -0.496 e. The Morgan fingerprint density at radius 3 is 2.82 bits per heavy atom. The first-order valence-corrected chi connectivity index (χ1v) is 5.53. The van der Waals surface area contributed by atoms with E-state index in [-0.39, 0.29) is 22.9 Å². The van der Waals surface area contributed by atoms with Crippen molar-refractivity contribution >= 4 is 39.4 Å². The Morgan fingerprint density at radius 1 is 1.41 bits per heavy atom. The third kappa shape index (κ3) is 3.28. The summed E-state index contributed by atoms with van der Waals surface area (Å²) < 4.78 is 5.11. The third-order valence-corrected chi connectivity index (χ3v) is 2.69. The lowest BCUT2D eigenvalue weighted by Gasteiger charge is -2.06. The van der Waals surface area contributed by atoms with Gasteiger partial charge in [-0.05, 0) is 12.1 Å². The average Bonchev–Trinajstić information content (AvgIpc) is 2.81. The third-order valence-electron chi connectivity index (χ3n) is 2.00. The topological polar surface area (TPSA) is 51.2 Å². The molecule has 2 aromatic rings. The number of nitrogens with one attached hydrogen (secondary N) is 1. The van der Waals surface area contributed by atoms with E-state index in [1.807, 2.05) is 6.07 Å².